The summed E-state index contributed by atoms with van der Waals surface area (Å²) >= 11 is 17.6. The summed E-state index contributed by atoms with van der Waals surface area (Å²) in [6.45, 7) is 1.91. The van der Waals surface area contributed by atoms with Gasteiger partial charge in [0.2, 0.25) is 5.89 Å². The molecule has 5 aromatic rings. The third-order valence-corrected chi connectivity index (χ3v) is 5.91. The van der Waals surface area contributed by atoms with Gasteiger partial charge in [0.1, 0.15) is 5.76 Å². The topological polar surface area (TPSA) is 93.2 Å². The highest BCUT2D eigenvalue weighted by molar-refractivity contribution is 7.80. The number of rotatable bonds is 4. The Morgan fingerprint density at radius 2 is 1.89 bits per heavy atom. The molecule has 0 unspecified atom stereocenters. The van der Waals surface area contributed by atoms with Crippen LogP contribution in [0.3, 0.4) is 0 Å². The molecule has 5 rings (SSSR count). The molecule has 0 atom stereocenters. The maximum atomic E-state index is 12.6. The van der Waals surface area contributed by atoms with Gasteiger partial charge in [0, 0.05) is 28.0 Å². The first-order valence-corrected chi connectivity index (χ1v) is 11.5. The van der Waals surface area contributed by atoms with Crippen molar-refractivity contribution in [1.82, 2.24) is 15.3 Å². The lowest BCUT2D eigenvalue weighted by atomic mass is 10.1. The lowest BCUT2D eigenvalue weighted by molar-refractivity contribution is 0.0951. The van der Waals surface area contributed by atoms with Crippen LogP contribution in [-0.2, 0) is 0 Å². The molecule has 0 bridgehead atoms. The van der Waals surface area contributed by atoms with E-state index in [1.165, 1.54) is 0 Å². The van der Waals surface area contributed by atoms with Crippen molar-refractivity contribution in [3.05, 3.63) is 88.2 Å². The summed E-state index contributed by atoms with van der Waals surface area (Å²) in [5.74, 6) is 0.469. The van der Waals surface area contributed by atoms with Gasteiger partial charge >= 0.3 is 0 Å². The zero-order chi connectivity index (χ0) is 24.5. The molecule has 0 radical (unpaired) electrons. The van der Waals surface area contributed by atoms with Crippen LogP contribution in [0, 0.1) is 6.92 Å². The van der Waals surface area contributed by atoms with Crippen LogP contribution in [0.2, 0.25) is 10.0 Å². The number of fused-ring (bicyclic) bond motifs is 1. The first kappa shape index (κ1) is 23.0. The first-order valence-electron chi connectivity index (χ1n) is 10.4. The minimum Gasteiger partial charge on any atom is -0.451 e. The smallest absolute Gasteiger partial charge is 0.293 e. The van der Waals surface area contributed by atoms with E-state index in [1.54, 1.807) is 42.6 Å². The summed E-state index contributed by atoms with van der Waals surface area (Å²) in [4.78, 5) is 21.2. The van der Waals surface area contributed by atoms with Crippen LogP contribution in [0.15, 0.2) is 75.7 Å². The Hall–Kier alpha value is -3.72. The summed E-state index contributed by atoms with van der Waals surface area (Å²) in [6.07, 6.45) is 1.66. The molecule has 0 aliphatic rings. The molecule has 1 amide bonds. The Morgan fingerprint density at radius 3 is 2.69 bits per heavy atom. The van der Waals surface area contributed by atoms with Crippen LogP contribution in [-0.4, -0.2) is 21.0 Å². The number of benzene rings is 2. The number of carbonyl (C=O) groups excluding carboxylic acids is 1. The average molecular weight is 523 g/mol. The van der Waals surface area contributed by atoms with Gasteiger partial charge in [-0.05, 0) is 85.4 Å². The molecule has 0 saturated carbocycles. The summed E-state index contributed by atoms with van der Waals surface area (Å²) in [7, 11) is 0. The van der Waals surface area contributed by atoms with Crippen LogP contribution in [0.25, 0.3) is 34.0 Å². The maximum Gasteiger partial charge on any atom is 0.293 e. The molecule has 10 heteroatoms. The first-order chi connectivity index (χ1) is 16.9. The van der Waals surface area contributed by atoms with Gasteiger partial charge in [-0.1, -0.05) is 23.2 Å². The Morgan fingerprint density at radius 1 is 1.03 bits per heavy atom. The molecule has 0 aliphatic heterocycles. The van der Waals surface area contributed by atoms with Crippen LogP contribution in [0.5, 0.6) is 0 Å². The second kappa shape index (κ2) is 9.50. The predicted octanol–water partition coefficient (Wildman–Crippen LogP) is 6.89. The van der Waals surface area contributed by atoms with Gasteiger partial charge in [0.05, 0.1) is 5.02 Å². The van der Waals surface area contributed by atoms with E-state index in [0.29, 0.717) is 38.5 Å². The largest absolute Gasteiger partial charge is 0.451 e. The fourth-order valence-electron chi connectivity index (χ4n) is 3.44. The number of thiocarbonyl (C=S) groups is 1. The van der Waals surface area contributed by atoms with Gasteiger partial charge in [-0.3, -0.25) is 10.1 Å². The number of hydrogen-bond donors (Lipinski definition) is 2. The minimum absolute atomic E-state index is 0.0804. The summed E-state index contributed by atoms with van der Waals surface area (Å²) in [5, 5.41) is 6.73. The molecular formula is C25H16Cl2N4O3S. The Kier molecular flexibility index (Phi) is 6.25. The van der Waals surface area contributed by atoms with Crippen molar-refractivity contribution in [1.29, 1.82) is 0 Å². The highest BCUT2D eigenvalue weighted by Gasteiger charge is 2.16. The highest BCUT2D eigenvalue weighted by atomic mass is 35.5. The third kappa shape index (κ3) is 4.90. The number of oxazole rings is 1. The van der Waals surface area contributed by atoms with E-state index >= 15 is 0 Å². The zero-order valence-electron chi connectivity index (χ0n) is 18.1. The van der Waals surface area contributed by atoms with E-state index in [4.69, 9.17) is 44.3 Å². The van der Waals surface area contributed by atoms with Gasteiger partial charge in [-0.15, -0.1) is 0 Å². The van der Waals surface area contributed by atoms with Gasteiger partial charge in [0.15, 0.2) is 22.1 Å². The minimum atomic E-state index is -0.500. The van der Waals surface area contributed by atoms with Crippen molar-refractivity contribution < 1.29 is 13.6 Å². The fourth-order valence-corrected chi connectivity index (χ4v) is 4.02. The normalized spacial score (nSPS) is 10.9. The molecule has 3 aromatic heterocycles. The van der Waals surface area contributed by atoms with E-state index in [1.807, 2.05) is 31.2 Å². The van der Waals surface area contributed by atoms with Crippen molar-refractivity contribution in [2.45, 2.75) is 6.92 Å². The number of pyridine rings is 1. The molecule has 174 valence electrons. The quantitative estimate of drug-likeness (QED) is 0.248. The Labute approximate surface area is 215 Å². The number of furan rings is 1. The molecular weight excluding hydrogens is 507 g/mol. The van der Waals surface area contributed by atoms with E-state index in [9.17, 15) is 4.79 Å². The number of nitrogens with zero attached hydrogens (tertiary/aromatic N) is 2. The van der Waals surface area contributed by atoms with Gasteiger partial charge in [-0.25, -0.2) is 4.98 Å². The number of amides is 1. The SMILES string of the molecule is Cc1cc(-c2nc3ncccc3o2)ccc1NC(=S)NC(=O)c1ccc(-c2cc(Cl)ccc2Cl)o1. The molecule has 35 heavy (non-hydrogen) atoms. The molecule has 0 aliphatic carbocycles. The molecule has 0 saturated heterocycles. The third-order valence-electron chi connectivity index (χ3n) is 5.14. The van der Waals surface area contributed by atoms with Crippen LogP contribution in [0.4, 0.5) is 5.69 Å². The van der Waals surface area contributed by atoms with Gasteiger partial charge in [0.25, 0.3) is 5.91 Å². The van der Waals surface area contributed by atoms with Crippen LogP contribution in [0.1, 0.15) is 16.1 Å². The molecule has 3 heterocycles. The second-order valence-corrected chi connectivity index (χ2v) is 8.82. The number of carbonyl (C=O) groups is 1. The van der Waals surface area contributed by atoms with Crippen molar-refractivity contribution in [3.8, 4) is 22.8 Å². The molecule has 7 nitrogen and oxygen atoms in total. The van der Waals surface area contributed by atoms with Crippen molar-refractivity contribution in [2.75, 3.05) is 5.32 Å². The summed E-state index contributed by atoms with van der Waals surface area (Å²) in [5.41, 5.74) is 4.15. The summed E-state index contributed by atoms with van der Waals surface area (Å²) in [6, 6.07) is 17.4. The fraction of sp³-hybridized carbons (Fsp3) is 0.0400. The number of anilines is 1. The second-order valence-electron chi connectivity index (χ2n) is 7.57. The highest BCUT2D eigenvalue weighted by Crippen LogP contribution is 2.32. The molecule has 2 N–H and O–H groups in total. The maximum absolute atomic E-state index is 12.6. The van der Waals surface area contributed by atoms with E-state index < -0.39 is 5.91 Å². The number of aryl methyl sites for hydroxylation is 1. The number of aromatic nitrogens is 2. The zero-order valence-corrected chi connectivity index (χ0v) is 20.5. The average Bonchev–Trinajstić information content (AvgIpc) is 3.49. The van der Waals surface area contributed by atoms with Gasteiger partial charge in [-0.2, -0.15) is 4.98 Å². The Bertz CT molecular complexity index is 1560. The molecule has 2 aromatic carbocycles. The van der Waals surface area contributed by atoms with E-state index in [-0.39, 0.29) is 10.9 Å². The van der Waals surface area contributed by atoms with Gasteiger partial charge < -0.3 is 14.2 Å². The lowest BCUT2D eigenvalue weighted by Crippen LogP contribution is -2.34. The summed E-state index contributed by atoms with van der Waals surface area (Å²) < 4.78 is 11.4. The lowest BCUT2D eigenvalue weighted by Gasteiger charge is -2.11. The standard InChI is InChI=1S/C25H16Cl2N4O3S/c1-13-11-14(24-30-22-20(34-24)3-2-10-28-22)4-7-18(13)29-25(35)31-23(32)21-9-8-19(33-21)16-12-15(26)5-6-17(16)27/h2-12H,1H3,(H2,29,31,32,35). The van der Waals surface area contributed by atoms with Crippen molar-refractivity contribution in [2.24, 2.45) is 0 Å². The predicted molar refractivity (Wildman–Crippen MR) is 140 cm³/mol. The van der Waals surface area contributed by atoms with Crippen LogP contribution < -0.4 is 10.6 Å². The molecule has 0 fully saturated rings. The van der Waals surface area contributed by atoms with E-state index in [0.717, 1.165) is 16.8 Å². The Balaban J connectivity index is 1.27. The molecule has 0 spiro atoms. The van der Waals surface area contributed by atoms with E-state index in [2.05, 4.69) is 20.6 Å². The monoisotopic (exact) mass is 522 g/mol. The van der Waals surface area contributed by atoms with Crippen molar-refractivity contribution in [3.63, 3.8) is 0 Å². The van der Waals surface area contributed by atoms with Crippen LogP contribution >= 0.6 is 35.4 Å². The number of nitrogens with one attached hydrogen (secondary N) is 2. The number of hydrogen-bond acceptors (Lipinski definition) is 6. The van der Waals surface area contributed by atoms with Crippen molar-refractivity contribution >= 4 is 63.4 Å². The number of halogens is 2.